The molecule has 2 aromatic carbocycles. The number of nitrogens with zero attached hydrogens (tertiary/aromatic N) is 2. The lowest BCUT2D eigenvalue weighted by molar-refractivity contribution is -0.116. The van der Waals surface area contributed by atoms with Gasteiger partial charge in [-0.05, 0) is 49.2 Å². The maximum atomic E-state index is 12.2. The Morgan fingerprint density at radius 1 is 1.17 bits per heavy atom. The number of carbonyl (C=O) groups is 1. The van der Waals surface area contributed by atoms with Crippen LogP contribution in [0.5, 0.6) is 0 Å². The molecule has 118 valence electrons. The average Bonchev–Trinajstić information content (AvgIpc) is 2.81. The number of benzene rings is 2. The van der Waals surface area contributed by atoms with Crippen molar-refractivity contribution in [3.8, 4) is 0 Å². The molecule has 0 radical (unpaired) electrons. The first-order valence-electron chi connectivity index (χ1n) is 7.52. The third-order valence-electron chi connectivity index (χ3n) is 3.67. The first-order chi connectivity index (χ1) is 11.0. The van der Waals surface area contributed by atoms with E-state index < -0.39 is 0 Å². The third kappa shape index (κ3) is 3.54. The Kier molecular flexibility index (Phi) is 4.35. The topological polar surface area (TPSA) is 46.9 Å². The van der Waals surface area contributed by atoms with E-state index in [2.05, 4.69) is 16.5 Å². The maximum Gasteiger partial charge on any atom is 0.226 e. The summed E-state index contributed by atoms with van der Waals surface area (Å²) in [6.45, 7) is 4.52. The van der Waals surface area contributed by atoms with Crippen LogP contribution in [0.4, 0.5) is 5.69 Å². The fraction of sp³-hybridized carbons (Fsp3) is 0.222. The van der Waals surface area contributed by atoms with Crippen LogP contribution < -0.4 is 5.32 Å². The van der Waals surface area contributed by atoms with Crippen molar-refractivity contribution in [2.45, 2.75) is 26.8 Å². The molecule has 1 heterocycles. The van der Waals surface area contributed by atoms with E-state index in [-0.39, 0.29) is 5.91 Å². The first kappa shape index (κ1) is 15.6. The predicted octanol–water partition coefficient (Wildman–Crippen LogP) is 4.34. The Morgan fingerprint density at radius 2 is 1.87 bits per heavy atom. The summed E-state index contributed by atoms with van der Waals surface area (Å²) in [6, 6.07) is 13.7. The number of aromatic nitrogens is 2. The van der Waals surface area contributed by atoms with Gasteiger partial charge in [-0.15, -0.1) is 0 Å². The predicted molar refractivity (Wildman–Crippen MR) is 93.9 cm³/mol. The third-order valence-corrected chi connectivity index (χ3v) is 3.95. The van der Waals surface area contributed by atoms with E-state index in [0.717, 1.165) is 27.7 Å². The van der Waals surface area contributed by atoms with E-state index in [4.69, 9.17) is 11.6 Å². The molecule has 5 heteroatoms. The van der Waals surface area contributed by atoms with Crippen LogP contribution in [-0.2, 0) is 11.3 Å². The molecule has 0 aliphatic rings. The van der Waals surface area contributed by atoms with Gasteiger partial charge in [-0.1, -0.05) is 29.8 Å². The smallest absolute Gasteiger partial charge is 0.226 e. The van der Waals surface area contributed by atoms with Crippen LogP contribution in [0.3, 0.4) is 0 Å². The number of carbonyl (C=O) groups excluding carboxylic acids is 1. The number of hydrogen-bond donors (Lipinski definition) is 1. The molecule has 3 rings (SSSR count). The van der Waals surface area contributed by atoms with Gasteiger partial charge in [-0.3, -0.25) is 9.48 Å². The van der Waals surface area contributed by atoms with E-state index in [1.54, 1.807) is 4.68 Å². The molecule has 0 bridgehead atoms. The minimum Gasteiger partial charge on any atom is -0.326 e. The number of amides is 1. The van der Waals surface area contributed by atoms with Crippen molar-refractivity contribution in [1.29, 1.82) is 0 Å². The van der Waals surface area contributed by atoms with Gasteiger partial charge in [0.1, 0.15) is 0 Å². The zero-order valence-electron chi connectivity index (χ0n) is 13.1. The Morgan fingerprint density at radius 3 is 2.61 bits per heavy atom. The van der Waals surface area contributed by atoms with Crippen molar-refractivity contribution < 1.29 is 4.79 Å². The van der Waals surface area contributed by atoms with Gasteiger partial charge in [-0.25, -0.2) is 0 Å². The average molecular weight is 328 g/mol. The van der Waals surface area contributed by atoms with Gasteiger partial charge >= 0.3 is 0 Å². The summed E-state index contributed by atoms with van der Waals surface area (Å²) in [5.41, 5.74) is 4.03. The lowest BCUT2D eigenvalue weighted by Gasteiger charge is -2.08. The number of hydrogen-bond acceptors (Lipinski definition) is 2. The van der Waals surface area contributed by atoms with Gasteiger partial charge < -0.3 is 5.32 Å². The summed E-state index contributed by atoms with van der Waals surface area (Å²) >= 11 is 6.13. The van der Waals surface area contributed by atoms with Crippen LogP contribution in [0.1, 0.15) is 17.5 Å². The summed E-state index contributed by atoms with van der Waals surface area (Å²) in [5.74, 6) is -0.0364. The Labute approximate surface area is 140 Å². The number of fused-ring (bicyclic) bond motifs is 1. The highest BCUT2D eigenvalue weighted by molar-refractivity contribution is 6.34. The maximum absolute atomic E-state index is 12.2. The van der Waals surface area contributed by atoms with E-state index in [9.17, 15) is 4.79 Å². The molecule has 3 aromatic rings. The van der Waals surface area contributed by atoms with Crippen LogP contribution in [0, 0.1) is 13.8 Å². The largest absolute Gasteiger partial charge is 0.326 e. The molecule has 0 aliphatic heterocycles. The first-order valence-corrected chi connectivity index (χ1v) is 7.90. The lowest BCUT2D eigenvalue weighted by Crippen LogP contribution is -2.15. The Balaban J connectivity index is 1.68. The van der Waals surface area contributed by atoms with Crippen molar-refractivity contribution in [3.05, 3.63) is 58.7 Å². The van der Waals surface area contributed by atoms with Crippen LogP contribution >= 0.6 is 11.6 Å². The molecule has 23 heavy (non-hydrogen) atoms. The highest BCUT2D eigenvalue weighted by atomic mass is 35.5. The number of nitrogens with one attached hydrogen (secondary N) is 1. The summed E-state index contributed by atoms with van der Waals surface area (Å²) in [7, 11) is 0. The second-order valence-corrected chi connectivity index (χ2v) is 6.06. The zero-order chi connectivity index (χ0) is 16.4. The second kappa shape index (κ2) is 6.42. The van der Waals surface area contributed by atoms with Gasteiger partial charge in [0, 0.05) is 17.5 Å². The number of rotatable bonds is 4. The van der Waals surface area contributed by atoms with Gasteiger partial charge in [0.2, 0.25) is 5.91 Å². The molecule has 4 nitrogen and oxygen atoms in total. The molecule has 0 fully saturated rings. The quantitative estimate of drug-likeness (QED) is 0.775. The number of anilines is 1. The molecule has 1 aromatic heterocycles. The highest BCUT2D eigenvalue weighted by Gasteiger charge is 2.10. The van der Waals surface area contributed by atoms with Gasteiger partial charge in [-0.2, -0.15) is 5.10 Å². The monoisotopic (exact) mass is 327 g/mol. The molecule has 1 amide bonds. The fourth-order valence-corrected chi connectivity index (χ4v) is 2.99. The molecule has 0 spiro atoms. The van der Waals surface area contributed by atoms with Crippen molar-refractivity contribution in [3.63, 3.8) is 0 Å². The molecule has 0 atom stereocenters. The van der Waals surface area contributed by atoms with E-state index >= 15 is 0 Å². The molecule has 0 unspecified atom stereocenters. The highest BCUT2D eigenvalue weighted by Crippen LogP contribution is 2.22. The van der Waals surface area contributed by atoms with Gasteiger partial charge in [0.25, 0.3) is 0 Å². The normalized spacial score (nSPS) is 10.9. The molecule has 0 saturated carbocycles. The summed E-state index contributed by atoms with van der Waals surface area (Å²) in [5, 5.41) is 8.61. The fourth-order valence-electron chi connectivity index (χ4n) is 2.74. The van der Waals surface area contributed by atoms with E-state index in [1.165, 1.54) is 0 Å². The molecule has 1 N–H and O–H groups in total. The summed E-state index contributed by atoms with van der Waals surface area (Å²) in [6.07, 6.45) is 0.342. The standard InChI is InChI=1S/C18H18ClN3O/c1-12-9-13(2)11-14(10-12)20-17(23)7-8-22-16-6-4-3-5-15(16)18(19)21-22/h3-6,9-11H,7-8H2,1-2H3,(H,20,23). The SMILES string of the molecule is Cc1cc(C)cc(NC(=O)CCn2nc(Cl)c3ccccc32)c1. The molecular formula is C18H18ClN3O. The number of aryl methyl sites for hydroxylation is 3. The Bertz CT molecular complexity index is 850. The summed E-state index contributed by atoms with van der Waals surface area (Å²) < 4.78 is 1.78. The minimum absolute atomic E-state index is 0.0364. The molecule has 0 saturated heterocycles. The van der Waals surface area contributed by atoms with Gasteiger partial charge in [0.05, 0.1) is 12.1 Å². The molecular weight excluding hydrogens is 310 g/mol. The van der Waals surface area contributed by atoms with Gasteiger partial charge in [0.15, 0.2) is 5.15 Å². The van der Waals surface area contributed by atoms with E-state index in [0.29, 0.717) is 18.1 Å². The van der Waals surface area contributed by atoms with Crippen LogP contribution in [0.15, 0.2) is 42.5 Å². The van der Waals surface area contributed by atoms with E-state index in [1.807, 2.05) is 50.2 Å². The van der Waals surface area contributed by atoms with Crippen molar-refractivity contribution in [2.24, 2.45) is 0 Å². The molecule has 0 aliphatic carbocycles. The lowest BCUT2D eigenvalue weighted by atomic mass is 10.1. The van der Waals surface area contributed by atoms with Crippen LogP contribution in [0.25, 0.3) is 10.9 Å². The van der Waals surface area contributed by atoms with Crippen LogP contribution in [0.2, 0.25) is 5.15 Å². The summed E-state index contributed by atoms with van der Waals surface area (Å²) in [4.78, 5) is 12.2. The zero-order valence-corrected chi connectivity index (χ0v) is 13.9. The van der Waals surface area contributed by atoms with Crippen molar-refractivity contribution >= 4 is 34.1 Å². The second-order valence-electron chi connectivity index (χ2n) is 5.71. The van der Waals surface area contributed by atoms with Crippen molar-refractivity contribution in [2.75, 3.05) is 5.32 Å². The number of halogens is 1. The van der Waals surface area contributed by atoms with Crippen molar-refractivity contribution in [1.82, 2.24) is 9.78 Å². The van der Waals surface area contributed by atoms with Crippen LogP contribution in [-0.4, -0.2) is 15.7 Å². The minimum atomic E-state index is -0.0364. The Hall–Kier alpha value is -2.33. The number of para-hydroxylation sites is 1.